The summed E-state index contributed by atoms with van der Waals surface area (Å²) in [5, 5.41) is 16.0. The summed E-state index contributed by atoms with van der Waals surface area (Å²) in [5.74, 6) is 1.43. The quantitative estimate of drug-likeness (QED) is 0.464. The maximum atomic E-state index is 11.7. The van der Waals surface area contributed by atoms with E-state index >= 15 is 0 Å². The van der Waals surface area contributed by atoms with Crippen molar-refractivity contribution in [2.45, 2.75) is 33.4 Å². The smallest absolute Gasteiger partial charge is 0.228 e. The lowest BCUT2D eigenvalue weighted by atomic mass is 10.3. The van der Waals surface area contributed by atoms with Gasteiger partial charge in [-0.25, -0.2) is 9.97 Å². The van der Waals surface area contributed by atoms with Crippen molar-refractivity contribution in [3.05, 3.63) is 35.5 Å². The van der Waals surface area contributed by atoms with E-state index < -0.39 is 0 Å². The van der Waals surface area contributed by atoms with Crippen molar-refractivity contribution >= 4 is 50.1 Å². The fourth-order valence-corrected chi connectivity index (χ4v) is 5.03. The minimum atomic E-state index is 0.0795. The van der Waals surface area contributed by atoms with E-state index in [0.717, 1.165) is 20.6 Å². The number of nitrogens with zero attached hydrogens (tertiary/aromatic N) is 6. The van der Waals surface area contributed by atoms with E-state index in [9.17, 15) is 9.90 Å². The molecule has 0 radical (unpaired) electrons. The summed E-state index contributed by atoms with van der Waals surface area (Å²) in [6.07, 6.45) is 1.90. The highest BCUT2D eigenvalue weighted by Crippen LogP contribution is 2.34. The number of hydrogen-bond acceptors (Lipinski definition) is 8. The minimum Gasteiger partial charge on any atom is -0.493 e. The molecule has 0 bridgehead atoms. The molecule has 1 fully saturated rings. The maximum absolute atomic E-state index is 11.7. The fraction of sp³-hybridized carbons (Fsp3) is 0.391. The Bertz CT molecular complexity index is 1290. The summed E-state index contributed by atoms with van der Waals surface area (Å²) in [5.41, 5.74) is 1.51. The molecule has 2 N–H and O–H groups in total. The van der Waals surface area contributed by atoms with Gasteiger partial charge in [-0.05, 0) is 26.0 Å². The van der Waals surface area contributed by atoms with Crippen molar-refractivity contribution in [1.82, 2.24) is 24.4 Å². The molecule has 10 heteroatoms. The molecule has 1 aromatic carbocycles. The largest absolute Gasteiger partial charge is 0.493 e. The third-order valence-electron chi connectivity index (χ3n) is 5.97. The van der Waals surface area contributed by atoms with Gasteiger partial charge in [0.1, 0.15) is 16.3 Å². The number of nitrogens with one attached hydrogen (secondary N) is 1. The molecule has 1 aliphatic rings. The van der Waals surface area contributed by atoms with Gasteiger partial charge < -0.3 is 24.8 Å². The van der Waals surface area contributed by atoms with Crippen molar-refractivity contribution in [2.24, 2.45) is 0 Å². The van der Waals surface area contributed by atoms with Gasteiger partial charge >= 0.3 is 0 Å². The predicted octanol–water partition coefficient (Wildman–Crippen LogP) is 3.61. The van der Waals surface area contributed by atoms with Crippen LogP contribution in [0.1, 0.15) is 31.8 Å². The molecule has 33 heavy (non-hydrogen) atoms. The first-order valence-corrected chi connectivity index (χ1v) is 11.9. The van der Waals surface area contributed by atoms with Crippen LogP contribution in [0, 0.1) is 0 Å². The molecular weight excluding hydrogens is 438 g/mol. The van der Waals surface area contributed by atoms with E-state index in [1.54, 1.807) is 22.8 Å². The first-order valence-electron chi connectivity index (χ1n) is 11.1. The number of carbonyl (C=O) groups excluding carboxylic acids is 1. The molecule has 5 rings (SSSR count). The second-order valence-corrected chi connectivity index (χ2v) is 9.63. The van der Waals surface area contributed by atoms with Crippen LogP contribution in [0.3, 0.4) is 0 Å². The Morgan fingerprint density at radius 1 is 1.15 bits per heavy atom. The van der Waals surface area contributed by atoms with Gasteiger partial charge in [-0.15, -0.1) is 11.3 Å². The van der Waals surface area contributed by atoms with Crippen LogP contribution >= 0.6 is 11.3 Å². The number of benzene rings is 1. The lowest BCUT2D eigenvalue weighted by Crippen LogP contribution is -2.48. The summed E-state index contributed by atoms with van der Waals surface area (Å²) in [6, 6.07) is 8.17. The summed E-state index contributed by atoms with van der Waals surface area (Å²) in [6.45, 7) is 8.70. The second-order valence-electron chi connectivity index (χ2n) is 8.51. The van der Waals surface area contributed by atoms with Gasteiger partial charge in [0.05, 0.1) is 22.1 Å². The molecule has 0 spiro atoms. The van der Waals surface area contributed by atoms with Crippen molar-refractivity contribution in [2.75, 3.05) is 36.4 Å². The number of para-hydroxylation sites is 1. The number of fused-ring (bicyclic) bond motifs is 2. The SMILES string of the molecule is CC(=O)N1CCN(c2nc(NCc3nc4ccccc4s3)c3cn(C(C)C)c(O)c3n2)CC1. The van der Waals surface area contributed by atoms with Gasteiger partial charge in [-0.3, -0.25) is 4.79 Å². The number of rotatable bonds is 5. The number of amides is 1. The van der Waals surface area contributed by atoms with E-state index in [4.69, 9.17) is 15.0 Å². The Hall–Kier alpha value is -3.40. The highest BCUT2D eigenvalue weighted by atomic mass is 32.1. The first kappa shape index (κ1) is 21.4. The van der Waals surface area contributed by atoms with Gasteiger partial charge in [0, 0.05) is 45.3 Å². The van der Waals surface area contributed by atoms with Crippen LogP contribution in [0.2, 0.25) is 0 Å². The Morgan fingerprint density at radius 2 is 1.91 bits per heavy atom. The van der Waals surface area contributed by atoms with E-state index in [-0.39, 0.29) is 17.8 Å². The summed E-state index contributed by atoms with van der Waals surface area (Å²) in [7, 11) is 0. The Kier molecular flexibility index (Phi) is 5.53. The van der Waals surface area contributed by atoms with Crippen LogP contribution in [0.5, 0.6) is 5.88 Å². The highest BCUT2D eigenvalue weighted by molar-refractivity contribution is 7.18. The van der Waals surface area contributed by atoms with Gasteiger partial charge in [-0.2, -0.15) is 4.98 Å². The van der Waals surface area contributed by atoms with Crippen LogP contribution in [-0.2, 0) is 11.3 Å². The highest BCUT2D eigenvalue weighted by Gasteiger charge is 2.24. The molecule has 1 saturated heterocycles. The molecule has 1 amide bonds. The van der Waals surface area contributed by atoms with E-state index in [1.165, 1.54) is 0 Å². The summed E-state index contributed by atoms with van der Waals surface area (Å²) in [4.78, 5) is 29.8. The van der Waals surface area contributed by atoms with Crippen molar-refractivity contribution < 1.29 is 9.90 Å². The predicted molar refractivity (Wildman–Crippen MR) is 131 cm³/mol. The molecule has 0 atom stereocenters. The van der Waals surface area contributed by atoms with E-state index in [1.807, 2.05) is 43.1 Å². The maximum Gasteiger partial charge on any atom is 0.228 e. The third-order valence-corrected chi connectivity index (χ3v) is 7.00. The molecule has 1 aliphatic heterocycles. The molecule has 172 valence electrons. The zero-order valence-corrected chi connectivity index (χ0v) is 19.8. The van der Waals surface area contributed by atoms with Crippen LogP contribution < -0.4 is 10.2 Å². The third kappa shape index (κ3) is 4.06. The standard InChI is InChI=1S/C23H27N7O2S/c1-14(2)30-13-16-20(22(30)32)26-23(29-10-8-28(9-11-29)15(3)31)27-21(16)24-12-19-25-17-6-4-5-7-18(17)33-19/h4-7,13-14,32H,8-12H2,1-3H3,(H,24,26,27). The molecular formula is C23H27N7O2S. The average Bonchev–Trinajstić information content (AvgIpc) is 3.38. The normalized spacial score (nSPS) is 14.5. The van der Waals surface area contributed by atoms with Gasteiger partial charge in [0.15, 0.2) is 0 Å². The zero-order chi connectivity index (χ0) is 23.1. The summed E-state index contributed by atoms with van der Waals surface area (Å²) >= 11 is 1.65. The van der Waals surface area contributed by atoms with Crippen molar-refractivity contribution in [3.63, 3.8) is 0 Å². The fourth-order valence-electron chi connectivity index (χ4n) is 4.12. The molecule has 0 saturated carbocycles. The minimum absolute atomic E-state index is 0.0795. The number of thiazole rings is 1. The number of aromatic nitrogens is 4. The number of anilines is 2. The van der Waals surface area contributed by atoms with E-state index in [2.05, 4.69) is 16.3 Å². The molecule has 0 aliphatic carbocycles. The van der Waals surface area contributed by atoms with Crippen LogP contribution in [0.4, 0.5) is 11.8 Å². The van der Waals surface area contributed by atoms with Crippen LogP contribution in [0.25, 0.3) is 21.1 Å². The monoisotopic (exact) mass is 465 g/mol. The van der Waals surface area contributed by atoms with Crippen LogP contribution in [-0.4, -0.2) is 61.6 Å². The topological polar surface area (TPSA) is 99.4 Å². The van der Waals surface area contributed by atoms with Crippen molar-refractivity contribution in [1.29, 1.82) is 0 Å². The molecule has 3 aromatic heterocycles. The second kappa shape index (κ2) is 8.51. The molecule has 9 nitrogen and oxygen atoms in total. The Balaban J connectivity index is 1.48. The van der Waals surface area contributed by atoms with Gasteiger partial charge in [0.25, 0.3) is 0 Å². The Morgan fingerprint density at radius 3 is 2.61 bits per heavy atom. The van der Waals surface area contributed by atoms with Crippen LogP contribution in [0.15, 0.2) is 30.5 Å². The molecule has 4 heterocycles. The summed E-state index contributed by atoms with van der Waals surface area (Å²) < 4.78 is 2.95. The van der Waals surface area contributed by atoms with Crippen molar-refractivity contribution in [3.8, 4) is 5.88 Å². The van der Waals surface area contributed by atoms with Gasteiger partial charge in [-0.1, -0.05) is 12.1 Å². The number of carbonyl (C=O) groups is 1. The van der Waals surface area contributed by atoms with Gasteiger partial charge in [0.2, 0.25) is 17.7 Å². The first-order chi connectivity index (χ1) is 15.9. The number of hydrogen-bond donors (Lipinski definition) is 2. The number of aromatic hydroxyl groups is 1. The average molecular weight is 466 g/mol. The molecule has 0 unspecified atom stereocenters. The van der Waals surface area contributed by atoms with E-state index in [0.29, 0.717) is 50.0 Å². The number of piperazine rings is 1. The lowest BCUT2D eigenvalue weighted by Gasteiger charge is -2.34. The zero-order valence-electron chi connectivity index (χ0n) is 18.9. The lowest BCUT2D eigenvalue weighted by molar-refractivity contribution is -0.129. The Labute approximate surface area is 195 Å². The molecule has 4 aromatic rings.